The number of H-pyrrole nitrogens is 1. The van der Waals surface area contributed by atoms with Gasteiger partial charge in [0.25, 0.3) is 0 Å². The lowest BCUT2D eigenvalue weighted by Crippen LogP contribution is -2.32. The molecule has 1 aromatic heterocycles. The molecule has 5 nitrogen and oxygen atoms in total. The van der Waals surface area contributed by atoms with E-state index in [4.69, 9.17) is 12.2 Å². The zero-order valence-corrected chi connectivity index (χ0v) is 10.6. The molecule has 1 aromatic rings. The molecule has 0 radical (unpaired) electrons. The Bertz CT molecular complexity index is 504. The summed E-state index contributed by atoms with van der Waals surface area (Å²) in [5.41, 5.74) is 0. The van der Waals surface area contributed by atoms with Crippen molar-refractivity contribution in [3.63, 3.8) is 0 Å². The zero-order valence-electron chi connectivity index (χ0n) is 8.13. The largest absolute Gasteiger partial charge is 0.346 e. The van der Waals surface area contributed by atoms with Gasteiger partial charge in [0.05, 0.1) is 11.5 Å². The Kier molecular flexibility index (Phi) is 2.82. The lowest BCUT2D eigenvalue weighted by molar-refractivity contribution is 0.600. The van der Waals surface area contributed by atoms with E-state index < -0.39 is 9.84 Å². The summed E-state index contributed by atoms with van der Waals surface area (Å²) in [4.78, 5) is 1.89. The van der Waals surface area contributed by atoms with Gasteiger partial charge >= 0.3 is 0 Å². The van der Waals surface area contributed by atoms with Gasteiger partial charge in [0.2, 0.25) is 5.13 Å². The SMILES string of the molecule is CN(c1n[nH]c(=S)s1)C1CCS(=O)(=O)C1. The number of nitrogens with zero attached hydrogens (tertiary/aromatic N) is 2. The number of aromatic amines is 1. The van der Waals surface area contributed by atoms with Gasteiger partial charge < -0.3 is 4.90 Å². The van der Waals surface area contributed by atoms with E-state index >= 15 is 0 Å². The minimum atomic E-state index is -2.84. The first-order valence-electron chi connectivity index (χ1n) is 4.47. The fraction of sp³-hybridized carbons (Fsp3) is 0.714. The highest BCUT2D eigenvalue weighted by atomic mass is 32.2. The second-order valence-corrected chi connectivity index (χ2v) is 7.44. The third-order valence-corrected chi connectivity index (χ3v) is 5.41. The maximum atomic E-state index is 11.3. The summed E-state index contributed by atoms with van der Waals surface area (Å²) in [5, 5.41) is 7.47. The maximum Gasteiger partial charge on any atom is 0.206 e. The van der Waals surface area contributed by atoms with Crippen LogP contribution < -0.4 is 4.90 Å². The lowest BCUT2D eigenvalue weighted by atomic mass is 10.2. The van der Waals surface area contributed by atoms with Crippen molar-refractivity contribution in [2.45, 2.75) is 12.5 Å². The number of hydrogen-bond acceptors (Lipinski definition) is 6. The van der Waals surface area contributed by atoms with Crippen LogP contribution in [-0.4, -0.2) is 43.2 Å². The van der Waals surface area contributed by atoms with Crippen molar-refractivity contribution in [2.24, 2.45) is 0 Å². The summed E-state index contributed by atoms with van der Waals surface area (Å²) in [6, 6.07) is 0.0314. The Morgan fingerprint density at radius 2 is 2.40 bits per heavy atom. The number of aromatic nitrogens is 2. The summed E-state index contributed by atoms with van der Waals surface area (Å²) in [7, 11) is -0.989. The third kappa shape index (κ3) is 2.37. The quantitative estimate of drug-likeness (QED) is 0.802. The van der Waals surface area contributed by atoms with Gasteiger partial charge in [-0.05, 0) is 18.6 Å². The molecule has 1 saturated heterocycles. The van der Waals surface area contributed by atoms with Crippen molar-refractivity contribution in [1.29, 1.82) is 0 Å². The highest BCUT2D eigenvalue weighted by Crippen LogP contribution is 2.24. The first-order valence-corrected chi connectivity index (χ1v) is 7.51. The minimum absolute atomic E-state index is 0.0314. The van der Waals surface area contributed by atoms with Crippen molar-refractivity contribution in [1.82, 2.24) is 10.2 Å². The van der Waals surface area contributed by atoms with E-state index in [0.717, 1.165) is 5.13 Å². The van der Waals surface area contributed by atoms with Crippen LogP contribution in [0.25, 0.3) is 0 Å². The molecule has 0 bridgehead atoms. The predicted octanol–water partition coefficient (Wildman–Crippen LogP) is 0.824. The zero-order chi connectivity index (χ0) is 11.1. The van der Waals surface area contributed by atoms with Gasteiger partial charge in [0.1, 0.15) is 0 Å². The normalized spacial score (nSPS) is 24.2. The molecule has 0 spiro atoms. The second-order valence-electron chi connectivity index (χ2n) is 3.56. The molecule has 0 saturated carbocycles. The van der Waals surface area contributed by atoms with E-state index in [1.807, 2.05) is 11.9 Å². The molecular formula is C7H11N3O2S3. The van der Waals surface area contributed by atoms with E-state index in [9.17, 15) is 8.42 Å². The van der Waals surface area contributed by atoms with Gasteiger partial charge in [-0.3, -0.25) is 5.10 Å². The molecule has 1 N–H and O–H groups in total. The molecule has 15 heavy (non-hydrogen) atoms. The molecule has 1 fully saturated rings. The van der Waals surface area contributed by atoms with Crippen LogP contribution in [0.5, 0.6) is 0 Å². The molecule has 1 aliphatic rings. The number of rotatable bonds is 2. The van der Waals surface area contributed by atoms with Crippen molar-refractivity contribution < 1.29 is 8.42 Å². The molecular weight excluding hydrogens is 254 g/mol. The predicted molar refractivity (Wildman–Crippen MR) is 62.8 cm³/mol. The number of nitrogens with one attached hydrogen (secondary N) is 1. The molecule has 2 heterocycles. The Hall–Kier alpha value is -0.470. The number of hydrogen-bond donors (Lipinski definition) is 1. The molecule has 2 rings (SSSR count). The molecule has 8 heteroatoms. The summed E-state index contributed by atoms with van der Waals surface area (Å²) in [6.45, 7) is 0. The van der Waals surface area contributed by atoms with Crippen molar-refractivity contribution in [3.8, 4) is 0 Å². The van der Waals surface area contributed by atoms with E-state index in [-0.39, 0.29) is 17.5 Å². The third-order valence-electron chi connectivity index (χ3n) is 2.48. The van der Waals surface area contributed by atoms with Gasteiger partial charge in [-0.1, -0.05) is 11.3 Å². The average Bonchev–Trinajstić information content (AvgIpc) is 2.71. The van der Waals surface area contributed by atoms with Crippen LogP contribution in [0.1, 0.15) is 6.42 Å². The van der Waals surface area contributed by atoms with E-state index in [2.05, 4.69) is 10.2 Å². The van der Waals surface area contributed by atoms with Gasteiger partial charge in [0, 0.05) is 13.1 Å². The lowest BCUT2D eigenvalue weighted by Gasteiger charge is -2.21. The highest BCUT2D eigenvalue weighted by Gasteiger charge is 2.31. The molecule has 0 amide bonds. The van der Waals surface area contributed by atoms with Crippen molar-refractivity contribution in [2.75, 3.05) is 23.5 Å². The Labute approximate surface area is 97.0 Å². The van der Waals surface area contributed by atoms with Crippen molar-refractivity contribution >= 4 is 38.5 Å². The van der Waals surface area contributed by atoms with Crippen LogP contribution in [0.2, 0.25) is 0 Å². The first-order chi connectivity index (χ1) is 6.98. The monoisotopic (exact) mass is 265 g/mol. The van der Waals surface area contributed by atoms with Crippen LogP contribution in [0, 0.1) is 3.95 Å². The van der Waals surface area contributed by atoms with E-state index in [1.165, 1.54) is 11.3 Å². The standard InChI is InChI=1S/C7H11N3O2S3/c1-10(6-8-9-7(13)14-6)5-2-3-15(11,12)4-5/h5H,2-4H2,1H3,(H,9,13). The highest BCUT2D eigenvalue weighted by molar-refractivity contribution is 7.91. The van der Waals surface area contributed by atoms with Crippen LogP contribution in [0.4, 0.5) is 5.13 Å². The second kappa shape index (κ2) is 3.84. The fourth-order valence-electron chi connectivity index (χ4n) is 1.61. The molecule has 1 unspecified atom stereocenters. The minimum Gasteiger partial charge on any atom is -0.346 e. The van der Waals surface area contributed by atoms with Gasteiger partial charge in [0.15, 0.2) is 13.8 Å². The van der Waals surface area contributed by atoms with Gasteiger partial charge in [-0.2, -0.15) is 0 Å². The Morgan fingerprint density at radius 1 is 1.67 bits per heavy atom. The van der Waals surface area contributed by atoms with Gasteiger partial charge in [-0.25, -0.2) is 8.42 Å². The summed E-state index contributed by atoms with van der Waals surface area (Å²) in [6.07, 6.45) is 0.672. The first kappa shape index (κ1) is 11.0. The molecule has 1 atom stereocenters. The fourth-order valence-corrected chi connectivity index (χ4v) is 4.29. The smallest absolute Gasteiger partial charge is 0.206 e. The van der Waals surface area contributed by atoms with Crippen LogP contribution in [0.3, 0.4) is 0 Å². The molecule has 0 aromatic carbocycles. The van der Waals surface area contributed by atoms with Crippen LogP contribution >= 0.6 is 23.6 Å². The van der Waals surface area contributed by atoms with Crippen molar-refractivity contribution in [3.05, 3.63) is 3.95 Å². The summed E-state index contributed by atoms with van der Waals surface area (Å²) in [5.74, 6) is 0.494. The Balaban J connectivity index is 2.16. The molecule has 0 aliphatic carbocycles. The number of sulfone groups is 1. The van der Waals surface area contributed by atoms with Crippen LogP contribution in [-0.2, 0) is 9.84 Å². The Morgan fingerprint density at radius 3 is 2.87 bits per heavy atom. The summed E-state index contributed by atoms with van der Waals surface area (Å²) >= 11 is 6.29. The van der Waals surface area contributed by atoms with E-state index in [0.29, 0.717) is 10.4 Å². The summed E-state index contributed by atoms with van der Waals surface area (Å²) < 4.78 is 23.2. The molecule has 84 valence electrons. The van der Waals surface area contributed by atoms with Gasteiger partial charge in [-0.15, -0.1) is 5.10 Å². The maximum absolute atomic E-state index is 11.3. The van der Waals surface area contributed by atoms with Crippen LogP contribution in [0.15, 0.2) is 0 Å². The average molecular weight is 265 g/mol. The topological polar surface area (TPSA) is 66.1 Å². The van der Waals surface area contributed by atoms with E-state index in [1.54, 1.807) is 0 Å². The molecule has 1 aliphatic heterocycles. The number of anilines is 1.